The van der Waals surface area contributed by atoms with Gasteiger partial charge in [0.15, 0.2) is 0 Å². The van der Waals surface area contributed by atoms with Crippen molar-refractivity contribution in [2.75, 3.05) is 0 Å². The van der Waals surface area contributed by atoms with Crippen LogP contribution in [-0.2, 0) is 4.79 Å². The number of carboxylic acid groups (broad SMARTS) is 1. The Balaban J connectivity index is 1.96. The van der Waals surface area contributed by atoms with Crippen LogP contribution in [0.4, 0.5) is 0 Å². The third-order valence-corrected chi connectivity index (χ3v) is 5.33. The summed E-state index contributed by atoms with van der Waals surface area (Å²) in [4.78, 5) is 26.2. The summed E-state index contributed by atoms with van der Waals surface area (Å²) in [5.74, 6) is -1.14. The molecule has 2 unspecified atom stereocenters. The van der Waals surface area contributed by atoms with E-state index in [1.165, 1.54) is 5.56 Å². The van der Waals surface area contributed by atoms with E-state index in [0.717, 1.165) is 24.2 Å². The Kier molecular flexibility index (Phi) is 4.90. The molecule has 3 rings (SSSR count). The second-order valence-corrected chi connectivity index (χ2v) is 7.20. The molecule has 1 N–H and O–H groups in total. The molecule has 1 fully saturated rings. The maximum absolute atomic E-state index is 13.2. The number of benzene rings is 1. The van der Waals surface area contributed by atoms with Crippen molar-refractivity contribution in [3.63, 3.8) is 0 Å². The van der Waals surface area contributed by atoms with Gasteiger partial charge in [-0.2, -0.15) is 0 Å². The fourth-order valence-electron chi connectivity index (χ4n) is 3.74. The van der Waals surface area contributed by atoms with E-state index in [0.29, 0.717) is 5.56 Å². The van der Waals surface area contributed by atoms with Crippen LogP contribution in [0.3, 0.4) is 0 Å². The number of amides is 1. The van der Waals surface area contributed by atoms with Gasteiger partial charge in [0.05, 0.1) is 11.6 Å². The topological polar surface area (TPSA) is 62.5 Å². The molecule has 1 heterocycles. The van der Waals surface area contributed by atoms with Crippen LogP contribution >= 0.6 is 0 Å². The van der Waals surface area contributed by atoms with E-state index in [2.05, 4.69) is 23.6 Å². The van der Waals surface area contributed by atoms with E-state index < -0.39 is 12.0 Å². The van der Waals surface area contributed by atoms with Gasteiger partial charge in [-0.1, -0.05) is 30.3 Å². The molecule has 1 amide bonds. The molecule has 26 heavy (non-hydrogen) atoms. The third-order valence-electron chi connectivity index (χ3n) is 5.33. The number of aromatic nitrogens is 1. The zero-order valence-electron chi connectivity index (χ0n) is 15.8. The molecular formula is C21H26N2O3. The Bertz CT molecular complexity index is 821. The van der Waals surface area contributed by atoms with Gasteiger partial charge in [0, 0.05) is 17.4 Å². The standard InChI is InChI=1S/C21H26N2O3/c1-13-12-19(20(24)23(18-10-11-18)16(4)21(25)26)15(3)22(13)14(2)17-8-6-5-7-9-17/h5-9,12,14,16,18H,10-11H2,1-4H3,(H,25,26). The van der Waals surface area contributed by atoms with E-state index in [1.54, 1.807) is 11.8 Å². The highest BCUT2D eigenvalue weighted by Crippen LogP contribution is 2.32. The molecule has 5 nitrogen and oxygen atoms in total. The number of carbonyl (C=O) groups excluding carboxylic acids is 1. The molecule has 1 aromatic heterocycles. The molecule has 1 aliphatic rings. The van der Waals surface area contributed by atoms with Crippen LogP contribution in [0.15, 0.2) is 36.4 Å². The summed E-state index contributed by atoms with van der Waals surface area (Å²) >= 11 is 0. The summed E-state index contributed by atoms with van der Waals surface area (Å²) < 4.78 is 2.15. The van der Waals surface area contributed by atoms with Gasteiger partial charge in [-0.25, -0.2) is 4.79 Å². The lowest BCUT2D eigenvalue weighted by molar-refractivity contribution is -0.141. The van der Waals surface area contributed by atoms with E-state index >= 15 is 0 Å². The second kappa shape index (κ2) is 6.98. The SMILES string of the molecule is Cc1cc(C(=O)N(C2CC2)C(C)C(=O)O)c(C)n1C(C)c1ccccc1. The van der Waals surface area contributed by atoms with Crippen molar-refractivity contribution in [3.05, 3.63) is 58.9 Å². The van der Waals surface area contributed by atoms with Gasteiger partial charge in [-0.05, 0) is 52.2 Å². The van der Waals surface area contributed by atoms with Crippen molar-refractivity contribution < 1.29 is 14.7 Å². The largest absolute Gasteiger partial charge is 0.480 e. The Hall–Kier alpha value is -2.56. The molecular weight excluding hydrogens is 328 g/mol. The van der Waals surface area contributed by atoms with Crippen LogP contribution in [0.25, 0.3) is 0 Å². The highest BCUT2D eigenvalue weighted by Gasteiger charge is 2.39. The highest BCUT2D eigenvalue weighted by atomic mass is 16.4. The van der Waals surface area contributed by atoms with Crippen molar-refractivity contribution in [2.24, 2.45) is 0 Å². The van der Waals surface area contributed by atoms with Gasteiger partial charge in [-0.15, -0.1) is 0 Å². The molecule has 138 valence electrons. The van der Waals surface area contributed by atoms with Crippen LogP contribution < -0.4 is 0 Å². The van der Waals surface area contributed by atoms with E-state index in [9.17, 15) is 14.7 Å². The fourth-order valence-corrected chi connectivity index (χ4v) is 3.74. The van der Waals surface area contributed by atoms with Crippen molar-refractivity contribution in [2.45, 2.75) is 58.7 Å². The summed E-state index contributed by atoms with van der Waals surface area (Å²) in [6.45, 7) is 7.63. The quantitative estimate of drug-likeness (QED) is 0.858. The first-order valence-corrected chi connectivity index (χ1v) is 9.11. The first-order valence-electron chi connectivity index (χ1n) is 9.11. The number of rotatable bonds is 6. The smallest absolute Gasteiger partial charge is 0.326 e. The van der Waals surface area contributed by atoms with Crippen LogP contribution in [0.2, 0.25) is 0 Å². The minimum absolute atomic E-state index is 0.0446. The second-order valence-electron chi connectivity index (χ2n) is 7.20. The summed E-state index contributed by atoms with van der Waals surface area (Å²) in [6, 6.07) is 11.4. The van der Waals surface area contributed by atoms with Crippen molar-refractivity contribution in [1.29, 1.82) is 0 Å². The van der Waals surface area contributed by atoms with Crippen molar-refractivity contribution >= 4 is 11.9 Å². The molecule has 2 aromatic rings. The Morgan fingerprint density at radius 1 is 1.15 bits per heavy atom. The average molecular weight is 354 g/mol. The number of nitrogens with zero attached hydrogens (tertiary/aromatic N) is 2. The molecule has 5 heteroatoms. The Morgan fingerprint density at radius 3 is 2.31 bits per heavy atom. The number of carboxylic acids is 1. The molecule has 2 atom stereocenters. The first kappa shape index (κ1) is 18.2. The minimum atomic E-state index is -0.961. The van der Waals surface area contributed by atoms with Crippen molar-refractivity contribution in [1.82, 2.24) is 9.47 Å². The van der Waals surface area contributed by atoms with Gasteiger partial charge in [-0.3, -0.25) is 4.79 Å². The zero-order valence-corrected chi connectivity index (χ0v) is 15.8. The lowest BCUT2D eigenvalue weighted by Crippen LogP contribution is -2.44. The van der Waals surface area contributed by atoms with Crippen LogP contribution in [-0.4, -0.2) is 38.5 Å². The molecule has 0 saturated heterocycles. The molecule has 1 aliphatic carbocycles. The van der Waals surface area contributed by atoms with Crippen LogP contribution in [0, 0.1) is 13.8 Å². The predicted octanol–water partition coefficient (Wildman–Crippen LogP) is 3.79. The van der Waals surface area contributed by atoms with Crippen LogP contribution in [0.1, 0.15) is 60.0 Å². The van der Waals surface area contributed by atoms with Gasteiger partial charge < -0.3 is 14.6 Å². The van der Waals surface area contributed by atoms with E-state index in [1.807, 2.05) is 38.1 Å². The highest BCUT2D eigenvalue weighted by molar-refractivity contribution is 5.98. The maximum atomic E-state index is 13.2. The maximum Gasteiger partial charge on any atom is 0.326 e. The van der Waals surface area contributed by atoms with Gasteiger partial charge in [0.25, 0.3) is 5.91 Å². The van der Waals surface area contributed by atoms with E-state index in [4.69, 9.17) is 0 Å². The van der Waals surface area contributed by atoms with Crippen LogP contribution in [0.5, 0.6) is 0 Å². The number of aryl methyl sites for hydroxylation is 1. The Labute approximate surface area is 154 Å². The predicted molar refractivity (Wildman–Crippen MR) is 100 cm³/mol. The monoisotopic (exact) mass is 354 g/mol. The molecule has 0 bridgehead atoms. The fraction of sp³-hybridized carbons (Fsp3) is 0.429. The average Bonchev–Trinajstić information content (AvgIpc) is 3.40. The third kappa shape index (κ3) is 3.26. The number of aliphatic carboxylic acids is 1. The Morgan fingerprint density at radius 2 is 1.77 bits per heavy atom. The molecule has 1 aromatic carbocycles. The lowest BCUT2D eigenvalue weighted by Gasteiger charge is -2.26. The number of carbonyl (C=O) groups is 2. The summed E-state index contributed by atoms with van der Waals surface area (Å²) in [5, 5.41) is 9.39. The first-order chi connectivity index (χ1) is 12.3. The van der Waals surface area contributed by atoms with Gasteiger partial charge in [0.1, 0.15) is 6.04 Å². The summed E-state index contributed by atoms with van der Waals surface area (Å²) in [6.07, 6.45) is 1.75. The molecule has 1 saturated carbocycles. The summed E-state index contributed by atoms with van der Waals surface area (Å²) in [7, 11) is 0. The summed E-state index contributed by atoms with van der Waals surface area (Å²) in [5.41, 5.74) is 3.66. The number of hydrogen-bond acceptors (Lipinski definition) is 2. The molecule has 0 aliphatic heterocycles. The van der Waals surface area contributed by atoms with Gasteiger partial charge >= 0.3 is 5.97 Å². The van der Waals surface area contributed by atoms with Crippen molar-refractivity contribution in [3.8, 4) is 0 Å². The minimum Gasteiger partial charge on any atom is -0.480 e. The van der Waals surface area contributed by atoms with E-state index in [-0.39, 0.29) is 18.0 Å². The lowest BCUT2D eigenvalue weighted by atomic mass is 10.1. The normalized spacial score (nSPS) is 16.2. The zero-order chi connectivity index (χ0) is 19.0. The van der Waals surface area contributed by atoms with Gasteiger partial charge in [0.2, 0.25) is 0 Å². The molecule has 0 radical (unpaired) electrons. The molecule has 0 spiro atoms. The number of hydrogen-bond donors (Lipinski definition) is 1.